The first-order chi connectivity index (χ1) is 9.47. The molecule has 0 aliphatic rings. The van der Waals surface area contributed by atoms with Crippen LogP contribution >= 0.6 is 28.1 Å². The third kappa shape index (κ3) is 3.40. The molecule has 0 fully saturated rings. The second-order valence-corrected chi connectivity index (χ2v) is 5.38. The van der Waals surface area contributed by atoms with E-state index in [1.165, 1.54) is 12.1 Å². The summed E-state index contributed by atoms with van der Waals surface area (Å²) in [5.74, 6) is -1.13. The Morgan fingerprint density at radius 2 is 2.00 bits per heavy atom. The maximum atomic E-state index is 13.7. The Hall–Kier alpha value is -1.79. The van der Waals surface area contributed by atoms with Crippen molar-refractivity contribution in [3.8, 4) is 0 Å². The maximum absolute atomic E-state index is 13.7. The molecule has 0 aromatic heterocycles. The third-order valence-electron chi connectivity index (χ3n) is 2.58. The van der Waals surface area contributed by atoms with Crippen LogP contribution in [0.2, 0.25) is 0 Å². The highest BCUT2D eigenvalue weighted by Gasteiger charge is 2.12. The second-order valence-electron chi connectivity index (χ2n) is 4.02. The van der Waals surface area contributed by atoms with Crippen LogP contribution in [0.15, 0.2) is 46.9 Å². The van der Waals surface area contributed by atoms with E-state index < -0.39 is 11.7 Å². The van der Waals surface area contributed by atoms with Gasteiger partial charge < -0.3 is 11.1 Å². The highest BCUT2D eigenvalue weighted by molar-refractivity contribution is 9.10. The van der Waals surface area contributed by atoms with Crippen LogP contribution in [-0.4, -0.2) is 10.9 Å². The van der Waals surface area contributed by atoms with E-state index in [1.807, 2.05) is 0 Å². The molecule has 0 atom stereocenters. The molecule has 0 saturated heterocycles. The first-order valence-electron chi connectivity index (χ1n) is 5.63. The summed E-state index contributed by atoms with van der Waals surface area (Å²) in [7, 11) is 0. The van der Waals surface area contributed by atoms with Crippen LogP contribution in [-0.2, 0) is 0 Å². The van der Waals surface area contributed by atoms with Gasteiger partial charge in [0.2, 0.25) is 0 Å². The van der Waals surface area contributed by atoms with Crippen molar-refractivity contribution in [2.75, 3.05) is 5.32 Å². The molecule has 1 amide bonds. The number of anilines is 1. The summed E-state index contributed by atoms with van der Waals surface area (Å²) in [5.41, 5.74) is 6.62. The highest BCUT2D eigenvalue weighted by atomic mass is 79.9. The predicted octanol–water partition coefficient (Wildman–Crippen LogP) is 3.47. The van der Waals surface area contributed by atoms with E-state index in [0.717, 1.165) is 0 Å². The minimum Gasteiger partial charge on any atom is -0.389 e. The first kappa shape index (κ1) is 14.6. The van der Waals surface area contributed by atoms with Gasteiger partial charge in [-0.25, -0.2) is 4.39 Å². The molecule has 3 N–H and O–H groups in total. The molecule has 0 aliphatic carbocycles. The molecule has 0 heterocycles. The molecule has 3 nitrogen and oxygen atoms in total. The SMILES string of the molecule is NC(=S)c1cccc(NC(=O)c2ccc(Br)cc2F)c1. The van der Waals surface area contributed by atoms with Crippen molar-refractivity contribution in [3.05, 3.63) is 63.9 Å². The molecule has 20 heavy (non-hydrogen) atoms. The van der Waals surface area contributed by atoms with Gasteiger partial charge >= 0.3 is 0 Å². The third-order valence-corrected chi connectivity index (χ3v) is 3.31. The van der Waals surface area contributed by atoms with Crippen molar-refractivity contribution in [1.29, 1.82) is 0 Å². The molecule has 2 aromatic carbocycles. The van der Waals surface area contributed by atoms with Crippen LogP contribution in [0.5, 0.6) is 0 Å². The molecule has 0 bridgehead atoms. The Bertz CT molecular complexity index is 691. The average molecular weight is 353 g/mol. The molecule has 2 aromatic rings. The zero-order chi connectivity index (χ0) is 14.7. The maximum Gasteiger partial charge on any atom is 0.258 e. The molecule has 0 saturated carbocycles. The number of hydrogen-bond acceptors (Lipinski definition) is 2. The number of carbonyl (C=O) groups is 1. The number of nitrogens with two attached hydrogens (primary N) is 1. The van der Waals surface area contributed by atoms with Gasteiger partial charge in [0.15, 0.2) is 0 Å². The topological polar surface area (TPSA) is 55.1 Å². The minimum atomic E-state index is -0.595. The number of hydrogen-bond donors (Lipinski definition) is 2. The number of carbonyl (C=O) groups excluding carboxylic acids is 1. The van der Waals surface area contributed by atoms with Crippen LogP contribution in [0.4, 0.5) is 10.1 Å². The van der Waals surface area contributed by atoms with Crippen LogP contribution in [0.3, 0.4) is 0 Å². The van der Waals surface area contributed by atoms with E-state index >= 15 is 0 Å². The summed E-state index contributed by atoms with van der Waals surface area (Å²) >= 11 is 8.00. The zero-order valence-corrected chi connectivity index (χ0v) is 12.6. The molecule has 2 rings (SSSR count). The number of thiocarbonyl (C=S) groups is 1. The van der Waals surface area contributed by atoms with Crippen molar-refractivity contribution in [3.63, 3.8) is 0 Å². The van der Waals surface area contributed by atoms with Gasteiger partial charge in [-0.3, -0.25) is 4.79 Å². The van der Waals surface area contributed by atoms with E-state index in [2.05, 4.69) is 21.2 Å². The van der Waals surface area contributed by atoms with Gasteiger partial charge in [-0.15, -0.1) is 0 Å². The van der Waals surface area contributed by atoms with E-state index in [4.69, 9.17) is 18.0 Å². The summed E-state index contributed by atoms with van der Waals surface area (Å²) in [6, 6.07) is 11.0. The van der Waals surface area contributed by atoms with Crippen LogP contribution in [0, 0.1) is 5.82 Å². The lowest BCUT2D eigenvalue weighted by molar-refractivity contribution is 0.102. The highest BCUT2D eigenvalue weighted by Crippen LogP contribution is 2.17. The predicted molar refractivity (Wildman–Crippen MR) is 84.4 cm³/mol. The van der Waals surface area contributed by atoms with Gasteiger partial charge in [0, 0.05) is 15.7 Å². The zero-order valence-electron chi connectivity index (χ0n) is 10.2. The van der Waals surface area contributed by atoms with Crippen molar-refractivity contribution >= 4 is 44.7 Å². The molecule has 0 unspecified atom stereocenters. The summed E-state index contributed by atoms with van der Waals surface area (Å²) in [6.07, 6.45) is 0. The first-order valence-corrected chi connectivity index (χ1v) is 6.84. The van der Waals surface area contributed by atoms with Crippen molar-refractivity contribution in [2.24, 2.45) is 5.73 Å². The van der Waals surface area contributed by atoms with Gasteiger partial charge in [-0.1, -0.05) is 40.3 Å². The Balaban J connectivity index is 2.23. The van der Waals surface area contributed by atoms with Gasteiger partial charge in [-0.2, -0.15) is 0 Å². The quantitative estimate of drug-likeness (QED) is 0.831. The fourth-order valence-electron chi connectivity index (χ4n) is 1.62. The number of amides is 1. The number of nitrogens with one attached hydrogen (secondary N) is 1. The summed E-state index contributed by atoms with van der Waals surface area (Å²) in [4.78, 5) is 12.2. The minimum absolute atomic E-state index is 0.0334. The molecule has 0 aliphatic heterocycles. The fraction of sp³-hybridized carbons (Fsp3) is 0. The molecule has 0 radical (unpaired) electrons. The number of halogens is 2. The van der Waals surface area contributed by atoms with E-state index in [0.29, 0.717) is 15.7 Å². The van der Waals surface area contributed by atoms with E-state index in [-0.39, 0.29) is 10.6 Å². The average Bonchev–Trinajstić information content (AvgIpc) is 2.38. The largest absolute Gasteiger partial charge is 0.389 e. The van der Waals surface area contributed by atoms with Gasteiger partial charge in [-0.05, 0) is 30.3 Å². The summed E-state index contributed by atoms with van der Waals surface area (Å²) < 4.78 is 14.3. The second kappa shape index (κ2) is 6.11. The van der Waals surface area contributed by atoms with Crippen molar-refractivity contribution < 1.29 is 9.18 Å². The van der Waals surface area contributed by atoms with Crippen molar-refractivity contribution in [1.82, 2.24) is 0 Å². The standard InChI is InChI=1S/C14H10BrFN2OS/c15-9-4-5-11(12(16)7-9)14(19)18-10-3-1-2-8(6-10)13(17)20/h1-7H,(H2,17,20)(H,18,19). The number of benzene rings is 2. The van der Waals surface area contributed by atoms with Crippen LogP contribution in [0.25, 0.3) is 0 Å². The lowest BCUT2D eigenvalue weighted by Gasteiger charge is -2.08. The molecule has 6 heteroatoms. The monoisotopic (exact) mass is 352 g/mol. The molecule has 0 spiro atoms. The van der Waals surface area contributed by atoms with Crippen LogP contribution in [0.1, 0.15) is 15.9 Å². The summed E-state index contributed by atoms with van der Waals surface area (Å²) in [5, 5.41) is 2.60. The smallest absolute Gasteiger partial charge is 0.258 e. The number of rotatable bonds is 3. The summed E-state index contributed by atoms with van der Waals surface area (Å²) in [6.45, 7) is 0. The Kier molecular flexibility index (Phi) is 4.46. The normalized spacial score (nSPS) is 10.1. The van der Waals surface area contributed by atoms with Crippen molar-refractivity contribution in [2.45, 2.75) is 0 Å². The van der Waals surface area contributed by atoms with Gasteiger partial charge in [0.1, 0.15) is 10.8 Å². The van der Waals surface area contributed by atoms with Gasteiger partial charge in [0.25, 0.3) is 5.91 Å². The lowest BCUT2D eigenvalue weighted by Crippen LogP contribution is -2.15. The molecular formula is C14H10BrFN2OS. The molecular weight excluding hydrogens is 343 g/mol. The molecule has 102 valence electrons. The van der Waals surface area contributed by atoms with E-state index in [1.54, 1.807) is 30.3 Å². The lowest BCUT2D eigenvalue weighted by atomic mass is 10.1. The Morgan fingerprint density at radius 1 is 1.25 bits per heavy atom. The van der Waals surface area contributed by atoms with Gasteiger partial charge in [0.05, 0.1) is 5.56 Å². The fourth-order valence-corrected chi connectivity index (χ4v) is 2.08. The van der Waals surface area contributed by atoms with Crippen LogP contribution < -0.4 is 11.1 Å². The Morgan fingerprint density at radius 3 is 2.65 bits per heavy atom. The Labute approximate surface area is 129 Å². The van der Waals surface area contributed by atoms with E-state index in [9.17, 15) is 9.18 Å².